The Morgan fingerprint density at radius 1 is 1.31 bits per heavy atom. The van der Waals surface area contributed by atoms with Crippen LogP contribution >= 0.6 is 0 Å². The fourth-order valence-corrected chi connectivity index (χ4v) is 2.57. The van der Waals surface area contributed by atoms with E-state index in [4.69, 9.17) is 4.74 Å². The zero-order valence-electron chi connectivity index (χ0n) is 18.1. The van der Waals surface area contributed by atoms with Crippen LogP contribution in [0.2, 0.25) is 0 Å². The highest BCUT2D eigenvalue weighted by atomic mass is 16.6. The summed E-state index contributed by atoms with van der Waals surface area (Å²) in [5.41, 5.74) is -1.09. The van der Waals surface area contributed by atoms with E-state index < -0.39 is 22.2 Å². The number of hydrogen-bond acceptors (Lipinski definition) is 6. The minimum absolute atomic E-state index is 0.0450. The van der Waals surface area contributed by atoms with Crippen LogP contribution in [0.3, 0.4) is 0 Å². The number of guanidine groups is 1. The van der Waals surface area contributed by atoms with Crippen LogP contribution in [0.25, 0.3) is 0 Å². The Kier molecular flexibility index (Phi) is 8.86. The summed E-state index contributed by atoms with van der Waals surface area (Å²) in [5.74, 6) is 0.559. The molecule has 0 unspecified atom stereocenters. The molecular weight excluding hydrogens is 378 g/mol. The smallest absolute Gasteiger partial charge is 0.408 e. The summed E-state index contributed by atoms with van der Waals surface area (Å²) < 4.78 is 6.87. The van der Waals surface area contributed by atoms with Crippen molar-refractivity contribution >= 4 is 17.7 Å². The van der Waals surface area contributed by atoms with Gasteiger partial charge in [-0.25, -0.2) is 4.79 Å². The highest BCUT2D eigenvalue weighted by Gasteiger charge is 2.30. The van der Waals surface area contributed by atoms with Crippen molar-refractivity contribution < 1.29 is 14.5 Å². The van der Waals surface area contributed by atoms with Gasteiger partial charge in [-0.1, -0.05) is 13.8 Å². The van der Waals surface area contributed by atoms with Crippen molar-refractivity contribution in [3.63, 3.8) is 0 Å². The third-order valence-electron chi connectivity index (χ3n) is 4.40. The number of ether oxygens (including phenoxy) is 1. The maximum atomic E-state index is 12.2. The van der Waals surface area contributed by atoms with Crippen LogP contribution in [-0.4, -0.2) is 58.0 Å². The first-order valence-electron chi connectivity index (χ1n) is 9.66. The zero-order chi connectivity index (χ0) is 22.1. The molecule has 0 atom stereocenters. The fraction of sp³-hybridized carbons (Fsp3) is 0.722. The van der Waals surface area contributed by atoms with Crippen molar-refractivity contribution in [2.24, 2.45) is 4.99 Å². The summed E-state index contributed by atoms with van der Waals surface area (Å²) in [6.45, 7) is 10.9. The van der Waals surface area contributed by atoms with Gasteiger partial charge in [0, 0.05) is 20.1 Å². The van der Waals surface area contributed by atoms with Gasteiger partial charge in [0.1, 0.15) is 18.0 Å². The van der Waals surface area contributed by atoms with Gasteiger partial charge in [-0.05, 0) is 33.6 Å². The lowest BCUT2D eigenvalue weighted by molar-refractivity contribution is -0.385. The average Bonchev–Trinajstić information content (AvgIpc) is 3.11. The van der Waals surface area contributed by atoms with Crippen LogP contribution in [0.1, 0.15) is 47.5 Å². The van der Waals surface area contributed by atoms with Gasteiger partial charge in [0.05, 0.1) is 17.0 Å². The van der Waals surface area contributed by atoms with E-state index in [1.165, 1.54) is 17.1 Å². The largest absolute Gasteiger partial charge is 0.444 e. The number of rotatable bonds is 9. The topological polar surface area (TPSA) is 136 Å². The van der Waals surface area contributed by atoms with Gasteiger partial charge >= 0.3 is 11.8 Å². The predicted molar refractivity (Wildman–Crippen MR) is 111 cm³/mol. The summed E-state index contributed by atoms with van der Waals surface area (Å²) in [5, 5.41) is 24.0. The molecular formula is C18H33N7O4. The molecule has 11 heteroatoms. The number of nitrogens with one attached hydrogen (secondary N) is 3. The lowest BCUT2D eigenvalue weighted by Crippen LogP contribution is -2.57. The molecule has 3 N–H and O–H groups in total. The first kappa shape index (κ1) is 24.2. The van der Waals surface area contributed by atoms with Crippen LogP contribution in [0.4, 0.5) is 10.5 Å². The standard InChI is InChI=1S/C18H33N7O4/c1-7-18(8-2,23-16(26)29-17(3,4)5)13-21-15(19-6)20-9-10-24-12-14(11-22-24)25(27)28/h11-12H,7-10,13H2,1-6H3,(H,23,26)(H2,19,20,21). The zero-order valence-corrected chi connectivity index (χ0v) is 18.1. The SMILES string of the molecule is CCC(CC)(CNC(=NC)NCCn1cc([N+](=O)[O-])cn1)NC(=O)OC(C)(C)C. The van der Waals surface area contributed by atoms with Crippen LogP contribution < -0.4 is 16.0 Å². The average molecular weight is 412 g/mol. The van der Waals surface area contributed by atoms with Crippen molar-refractivity contribution in [1.82, 2.24) is 25.7 Å². The molecule has 1 aromatic rings. The molecule has 0 saturated heterocycles. The number of nitrogens with zero attached hydrogens (tertiary/aromatic N) is 4. The number of aliphatic imine (C=N–C) groups is 1. The second kappa shape index (κ2) is 10.6. The minimum atomic E-state index is -0.566. The molecule has 0 aliphatic rings. The van der Waals surface area contributed by atoms with Crippen LogP contribution in [0.15, 0.2) is 17.4 Å². The van der Waals surface area contributed by atoms with Gasteiger partial charge in [-0.15, -0.1) is 0 Å². The van der Waals surface area contributed by atoms with E-state index in [0.29, 0.717) is 38.4 Å². The number of hydrogen-bond donors (Lipinski definition) is 3. The highest BCUT2D eigenvalue weighted by Crippen LogP contribution is 2.16. The third-order valence-corrected chi connectivity index (χ3v) is 4.40. The molecule has 0 saturated carbocycles. The molecule has 164 valence electrons. The molecule has 0 fully saturated rings. The molecule has 11 nitrogen and oxygen atoms in total. The van der Waals surface area contributed by atoms with Crippen LogP contribution in [-0.2, 0) is 11.3 Å². The van der Waals surface area contributed by atoms with Gasteiger partial charge in [0.15, 0.2) is 5.96 Å². The molecule has 1 heterocycles. The quantitative estimate of drug-likeness (QED) is 0.245. The fourth-order valence-electron chi connectivity index (χ4n) is 2.57. The number of alkyl carbamates (subject to hydrolysis) is 1. The molecule has 0 aromatic carbocycles. The van der Waals surface area contributed by atoms with Crippen molar-refractivity contribution in [1.29, 1.82) is 0 Å². The molecule has 0 spiro atoms. The van der Waals surface area contributed by atoms with Crippen molar-refractivity contribution in [3.05, 3.63) is 22.5 Å². The summed E-state index contributed by atoms with van der Waals surface area (Å²) in [6, 6.07) is 0. The molecule has 0 bridgehead atoms. The first-order chi connectivity index (χ1) is 13.5. The van der Waals surface area contributed by atoms with Crippen molar-refractivity contribution in [3.8, 4) is 0 Å². The summed E-state index contributed by atoms with van der Waals surface area (Å²) >= 11 is 0. The van der Waals surface area contributed by atoms with Gasteiger partial charge in [0.2, 0.25) is 0 Å². The highest BCUT2D eigenvalue weighted by molar-refractivity contribution is 5.79. The summed E-state index contributed by atoms with van der Waals surface area (Å²) in [4.78, 5) is 26.6. The predicted octanol–water partition coefficient (Wildman–Crippen LogP) is 2.04. The number of amides is 1. The number of carbonyl (C=O) groups is 1. The van der Waals surface area contributed by atoms with E-state index in [2.05, 4.69) is 26.0 Å². The lowest BCUT2D eigenvalue weighted by Gasteiger charge is -2.34. The maximum absolute atomic E-state index is 12.2. The minimum Gasteiger partial charge on any atom is -0.444 e. The Morgan fingerprint density at radius 3 is 2.45 bits per heavy atom. The van der Waals surface area contributed by atoms with Crippen molar-refractivity contribution in [2.45, 2.75) is 65.1 Å². The Labute approximate surface area is 171 Å². The summed E-state index contributed by atoms with van der Waals surface area (Å²) in [7, 11) is 1.65. The van der Waals surface area contributed by atoms with E-state index in [-0.39, 0.29) is 5.69 Å². The molecule has 0 radical (unpaired) electrons. The molecule has 0 aliphatic carbocycles. The third kappa shape index (κ3) is 8.36. The van der Waals surface area contributed by atoms with Crippen molar-refractivity contribution in [2.75, 3.05) is 20.1 Å². The van der Waals surface area contributed by atoms with Gasteiger partial charge in [0.25, 0.3) is 0 Å². The number of nitro groups is 1. The van der Waals surface area contributed by atoms with Crippen LogP contribution in [0, 0.1) is 10.1 Å². The Balaban J connectivity index is 2.57. The van der Waals surface area contributed by atoms with Gasteiger partial charge in [-0.3, -0.25) is 19.8 Å². The van der Waals surface area contributed by atoms with Crippen LogP contribution in [0.5, 0.6) is 0 Å². The molecule has 0 aliphatic heterocycles. The maximum Gasteiger partial charge on any atom is 0.408 e. The van der Waals surface area contributed by atoms with E-state index in [0.717, 1.165) is 0 Å². The normalized spacial score (nSPS) is 12.4. The van der Waals surface area contributed by atoms with E-state index in [1.54, 1.807) is 7.05 Å². The van der Waals surface area contributed by atoms with E-state index in [9.17, 15) is 14.9 Å². The number of carbonyl (C=O) groups excluding carboxylic acids is 1. The first-order valence-corrected chi connectivity index (χ1v) is 9.66. The molecule has 1 amide bonds. The van der Waals surface area contributed by atoms with E-state index in [1.807, 2.05) is 34.6 Å². The number of aromatic nitrogens is 2. The van der Waals surface area contributed by atoms with Gasteiger partial charge < -0.3 is 20.7 Å². The Bertz CT molecular complexity index is 705. The second-order valence-electron chi connectivity index (χ2n) is 7.69. The molecule has 1 aromatic heterocycles. The molecule has 29 heavy (non-hydrogen) atoms. The Morgan fingerprint density at radius 2 is 1.97 bits per heavy atom. The van der Waals surface area contributed by atoms with Gasteiger partial charge in [-0.2, -0.15) is 5.10 Å². The lowest BCUT2D eigenvalue weighted by atomic mass is 9.93. The Hall–Kier alpha value is -2.85. The molecule has 1 rings (SSSR count). The summed E-state index contributed by atoms with van der Waals surface area (Å²) in [6.07, 6.45) is 3.56. The monoisotopic (exact) mass is 411 g/mol. The second-order valence-corrected chi connectivity index (χ2v) is 7.69. The van der Waals surface area contributed by atoms with E-state index >= 15 is 0 Å².